The molecule has 0 fully saturated rings. The number of furan rings is 1. The molecule has 3 rings (SSSR count). The van der Waals surface area contributed by atoms with E-state index in [0.29, 0.717) is 0 Å². The molecule has 2 aromatic carbocycles. The van der Waals surface area contributed by atoms with Gasteiger partial charge in [-0.05, 0) is 65.9 Å². The molecule has 1 unspecified atom stereocenters. The minimum absolute atomic E-state index is 0.0822. The fourth-order valence-electron chi connectivity index (χ4n) is 2.50. The Morgan fingerprint density at radius 3 is 2.50 bits per heavy atom. The molecule has 102 valence electrons. The maximum Gasteiger partial charge on any atom is 0.137 e. The van der Waals surface area contributed by atoms with Crippen LogP contribution >= 0.6 is 22.6 Å². The van der Waals surface area contributed by atoms with Gasteiger partial charge >= 0.3 is 0 Å². The van der Waals surface area contributed by atoms with Gasteiger partial charge in [0, 0.05) is 8.96 Å². The van der Waals surface area contributed by atoms with Crippen molar-refractivity contribution in [2.24, 2.45) is 0 Å². The summed E-state index contributed by atoms with van der Waals surface area (Å²) in [5.41, 5.74) is 3.36. The summed E-state index contributed by atoms with van der Waals surface area (Å²) in [4.78, 5) is 0. The lowest BCUT2D eigenvalue weighted by Crippen LogP contribution is -2.16. The Morgan fingerprint density at radius 2 is 1.85 bits per heavy atom. The number of para-hydroxylation sites is 1. The second-order valence-electron chi connectivity index (χ2n) is 4.92. The van der Waals surface area contributed by atoms with Gasteiger partial charge in [-0.2, -0.15) is 0 Å². The zero-order chi connectivity index (χ0) is 14.1. The highest BCUT2D eigenvalue weighted by molar-refractivity contribution is 14.1. The molecule has 0 saturated carbocycles. The predicted molar refractivity (Wildman–Crippen MR) is 91.0 cm³/mol. The van der Waals surface area contributed by atoms with Crippen LogP contribution in [0, 0.1) is 10.5 Å². The molecule has 1 heterocycles. The molecule has 2 nitrogen and oxygen atoms in total. The fraction of sp³-hybridized carbons (Fsp3) is 0.176. The van der Waals surface area contributed by atoms with Gasteiger partial charge in [0.15, 0.2) is 0 Å². The molecule has 20 heavy (non-hydrogen) atoms. The summed E-state index contributed by atoms with van der Waals surface area (Å²) >= 11 is 2.32. The first-order valence-corrected chi connectivity index (χ1v) is 7.68. The monoisotopic (exact) mass is 377 g/mol. The average Bonchev–Trinajstić information content (AvgIpc) is 2.87. The molecule has 1 N–H and O–H groups in total. The van der Waals surface area contributed by atoms with Crippen molar-refractivity contribution in [3.63, 3.8) is 0 Å². The molecule has 0 aliphatic rings. The van der Waals surface area contributed by atoms with Crippen LogP contribution in [0.3, 0.4) is 0 Å². The standard InChI is InChI=1S/C17H16INO/c1-11-4-3-5-13-10-15(20-17(11)13)16(19-2)12-6-8-14(18)9-7-12/h3-10,16,19H,1-2H3. The Kier molecular flexibility index (Phi) is 3.81. The van der Waals surface area contributed by atoms with Gasteiger partial charge in [0.1, 0.15) is 11.3 Å². The van der Waals surface area contributed by atoms with Crippen LogP contribution in [0.4, 0.5) is 0 Å². The van der Waals surface area contributed by atoms with Crippen molar-refractivity contribution in [2.75, 3.05) is 7.05 Å². The minimum atomic E-state index is 0.0822. The third-order valence-electron chi connectivity index (χ3n) is 3.54. The topological polar surface area (TPSA) is 25.2 Å². The highest BCUT2D eigenvalue weighted by atomic mass is 127. The van der Waals surface area contributed by atoms with E-state index in [2.05, 4.69) is 83.4 Å². The van der Waals surface area contributed by atoms with E-state index in [1.54, 1.807) is 0 Å². The van der Waals surface area contributed by atoms with Crippen LogP contribution in [-0.4, -0.2) is 7.05 Å². The van der Waals surface area contributed by atoms with Crippen LogP contribution in [0.1, 0.15) is 22.9 Å². The Labute approximate surface area is 132 Å². The highest BCUT2D eigenvalue weighted by Crippen LogP contribution is 2.29. The zero-order valence-electron chi connectivity index (χ0n) is 11.5. The Hall–Kier alpha value is -1.33. The van der Waals surface area contributed by atoms with Crippen molar-refractivity contribution in [2.45, 2.75) is 13.0 Å². The Bertz CT molecular complexity index is 730. The van der Waals surface area contributed by atoms with Crippen LogP contribution in [0.5, 0.6) is 0 Å². The van der Waals surface area contributed by atoms with Gasteiger partial charge in [-0.15, -0.1) is 0 Å². The minimum Gasteiger partial charge on any atom is -0.459 e. The summed E-state index contributed by atoms with van der Waals surface area (Å²) in [5.74, 6) is 0.956. The average molecular weight is 377 g/mol. The lowest BCUT2D eigenvalue weighted by atomic mass is 10.0. The van der Waals surface area contributed by atoms with E-state index >= 15 is 0 Å². The summed E-state index contributed by atoms with van der Waals surface area (Å²) in [6.07, 6.45) is 0. The van der Waals surface area contributed by atoms with Gasteiger partial charge in [-0.25, -0.2) is 0 Å². The van der Waals surface area contributed by atoms with Crippen LogP contribution < -0.4 is 5.32 Å². The normalized spacial score (nSPS) is 12.8. The van der Waals surface area contributed by atoms with Crippen molar-refractivity contribution in [3.8, 4) is 0 Å². The smallest absolute Gasteiger partial charge is 0.137 e. The molecule has 0 aliphatic carbocycles. The number of hydrogen-bond acceptors (Lipinski definition) is 2. The molecule has 0 amide bonds. The molecule has 1 aromatic heterocycles. The van der Waals surface area contributed by atoms with Crippen molar-refractivity contribution in [3.05, 3.63) is 69.0 Å². The maximum atomic E-state index is 6.07. The second-order valence-corrected chi connectivity index (χ2v) is 6.16. The van der Waals surface area contributed by atoms with Gasteiger partial charge in [0.2, 0.25) is 0 Å². The summed E-state index contributed by atoms with van der Waals surface area (Å²) < 4.78 is 7.31. The van der Waals surface area contributed by atoms with E-state index < -0.39 is 0 Å². The lowest BCUT2D eigenvalue weighted by Gasteiger charge is -2.14. The summed E-state index contributed by atoms with van der Waals surface area (Å²) in [6.45, 7) is 2.08. The second kappa shape index (κ2) is 5.58. The molecule has 1 atom stereocenters. The first-order valence-electron chi connectivity index (χ1n) is 6.61. The molecular weight excluding hydrogens is 361 g/mol. The summed E-state index contributed by atoms with van der Waals surface area (Å²) in [6, 6.07) is 17.0. The van der Waals surface area contributed by atoms with Crippen molar-refractivity contribution in [1.82, 2.24) is 5.32 Å². The first kappa shape index (κ1) is 13.6. The van der Waals surface area contributed by atoms with E-state index in [0.717, 1.165) is 16.7 Å². The molecule has 3 heteroatoms. The third kappa shape index (κ3) is 2.47. The van der Waals surface area contributed by atoms with Crippen molar-refractivity contribution >= 4 is 33.6 Å². The maximum absolute atomic E-state index is 6.07. The van der Waals surface area contributed by atoms with Crippen LogP contribution in [0.2, 0.25) is 0 Å². The number of aryl methyl sites for hydroxylation is 1. The summed E-state index contributed by atoms with van der Waals surface area (Å²) in [7, 11) is 1.96. The van der Waals surface area contributed by atoms with Gasteiger partial charge < -0.3 is 9.73 Å². The van der Waals surface area contributed by atoms with Gasteiger partial charge in [0.25, 0.3) is 0 Å². The number of rotatable bonds is 3. The first-order chi connectivity index (χ1) is 9.69. The Morgan fingerprint density at radius 1 is 1.10 bits per heavy atom. The molecule has 0 spiro atoms. The zero-order valence-corrected chi connectivity index (χ0v) is 13.6. The predicted octanol–water partition coefficient (Wildman–Crippen LogP) is 4.65. The molecule has 0 radical (unpaired) electrons. The fourth-order valence-corrected chi connectivity index (χ4v) is 2.86. The molecule has 0 saturated heterocycles. The van der Waals surface area contributed by atoms with Crippen molar-refractivity contribution in [1.29, 1.82) is 0 Å². The number of benzene rings is 2. The Balaban J connectivity index is 2.07. The lowest BCUT2D eigenvalue weighted by molar-refractivity contribution is 0.490. The number of nitrogens with one attached hydrogen (secondary N) is 1. The van der Waals surface area contributed by atoms with Crippen LogP contribution in [0.15, 0.2) is 52.9 Å². The van der Waals surface area contributed by atoms with Gasteiger partial charge in [-0.1, -0.05) is 30.3 Å². The number of fused-ring (bicyclic) bond motifs is 1. The highest BCUT2D eigenvalue weighted by Gasteiger charge is 2.17. The molecular formula is C17H16INO. The van der Waals surface area contributed by atoms with Gasteiger partial charge in [-0.3, -0.25) is 0 Å². The van der Waals surface area contributed by atoms with E-state index in [1.165, 1.54) is 14.7 Å². The SMILES string of the molecule is CNC(c1ccc(I)cc1)c1cc2cccc(C)c2o1. The summed E-state index contributed by atoms with van der Waals surface area (Å²) in [5, 5.41) is 4.50. The van der Waals surface area contributed by atoms with E-state index in [1.807, 2.05) is 7.05 Å². The quantitative estimate of drug-likeness (QED) is 0.672. The van der Waals surface area contributed by atoms with Gasteiger partial charge in [0.05, 0.1) is 6.04 Å². The van der Waals surface area contributed by atoms with E-state index in [4.69, 9.17) is 4.42 Å². The number of hydrogen-bond donors (Lipinski definition) is 1. The van der Waals surface area contributed by atoms with Crippen molar-refractivity contribution < 1.29 is 4.42 Å². The molecule has 0 bridgehead atoms. The largest absolute Gasteiger partial charge is 0.459 e. The third-order valence-corrected chi connectivity index (χ3v) is 4.26. The van der Waals surface area contributed by atoms with Crippen LogP contribution in [0.25, 0.3) is 11.0 Å². The molecule has 0 aliphatic heterocycles. The van der Waals surface area contributed by atoms with Crippen LogP contribution in [-0.2, 0) is 0 Å². The van der Waals surface area contributed by atoms with E-state index in [9.17, 15) is 0 Å². The van der Waals surface area contributed by atoms with E-state index in [-0.39, 0.29) is 6.04 Å². The number of halogens is 1. The molecule has 3 aromatic rings.